The predicted octanol–water partition coefficient (Wildman–Crippen LogP) is 5.38. The smallest absolute Gasteiger partial charge is 0.339 e. The summed E-state index contributed by atoms with van der Waals surface area (Å²) < 4.78 is 30.4. The third-order valence-electron chi connectivity index (χ3n) is 9.45. The molecule has 0 saturated heterocycles. The first kappa shape index (κ1) is 32.5. The Morgan fingerprint density at radius 1 is 1.00 bits per heavy atom. The van der Waals surface area contributed by atoms with E-state index in [0.29, 0.717) is 59.9 Å². The number of allylic oxidation sites excluding steroid dienone is 1. The molecule has 6 rings (SSSR count). The molecule has 9 heteroatoms. The number of aliphatic hydroxyl groups excluding tert-OH is 1. The average Bonchev–Trinajstić information content (AvgIpc) is 3.03. The van der Waals surface area contributed by atoms with E-state index in [2.05, 4.69) is 30.0 Å². The Bertz CT molecular complexity index is 1880. The molecule has 0 fully saturated rings. The zero-order valence-electron chi connectivity index (χ0n) is 27.3. The summed E-state index contributed by atoms with van der Waals surface area (Å²) in [6, 6.07) is 9.76. The van der Waals surface area contributed by atoms with Crippen molar-refractivity contribution in [2.24, 2.45) is 0 Å². The van der Waals surface area contributed by atoms with E-state index in [9.17, 15) is 19.5 Å². The zero-order valence-corrected chi connectivity index (χ0v) is 27.3. The highest BCUT2D eigenvalue weighted by atomic mass is 16.6. The van der Waals surface area contributed by atoms with E-state index in [1.807, 2.05) is 13.8 Å². The molecule has 47 heavy (non-hydrogen) atoms. The summed E-state index contributed by atoms with van der Waals surface area (Å²) >= 11 is 0. The number of aliphatic hydroxyl groups is 1. The molecule has 3 atom stereocenters. The van der Waals surface area contributed by atoms with Crippen LogP contribution in [0.15, 0.2) is 50.7 Å². The number of methoxy groups -OCH3 is 1. The molecular formula is C38H40O9. The van der Waals surface area contributed by atoms with Crippen LogP contribution in [-0.4, -0.2) is 42.5 Å². The number of esters is 2. The molecule has 4 heterocycles. The lowest BCUT2D eigenvalue weighted by Gasteiger charge is -2.44. The van der Waals surface area contributed by atoms with Gasteiger partial charge in [0.2, 0.25) is 0 Å². The minimum Gasteiger partial charge on any atom is -0.482 e. The molecular weight excluding hydrogens is 600 g/mol. The number of hydrogen-bond acceptors (Lipinski definition) is 9. The van der Waals surface area contributed by atoms with E-state index >= 15 is 0 Å². The third-order valence-corrected chi connectivity index (χ3v) is 9.45. The lowest BCUT2D eigenvalue weighted by Crippen LogP contribution is -2.54. The number of hydrogen-bond donors (Lipinski definition) is 1. The van der Waals surface area contributed by atoms with Crippen LogP contribution in [0.3, 0.4) is 0 Å². The summed E-state index contributed by atoms with van der Waals surface area (Å²) in [5.74, 6) is 5.87. The van der Waals surface area contributed by atoms with Crippen LogP contribution >= 0.6 is 0 Å². The Kier molecular flexibility index (Phi) is 9.27. The van der Waals surface area contributed by atoms with Crippen LogP contribution in [0.1, 0.15) is 85.9 Å². The molecule has 0 spiro atoms. The van der Waals surface area contributed by atoms with Gasteiger partial charge in [-0.2, -0.15) is 0 Å². The fourth-order valence-electron chi connectivity index (χ4n) is 6.86. The van der Waals surface area contributed by atoms with Crippen LogP contribution in [-0.2, 0) is 56.1 Å². The first-order valence-electron chi connectivity index (χ1n) is 16.2. The highest BCUT2D eigenvalue weighted by Gasteiger charge is 2.53. The average molecular weight is 641 g/mol. The van der Waals surface area contributed by atoms with Crippen molar-refractivity contribution in [1.82, 2.24) is 0 Å². The third kappa shape index (κ3) is 6.32. The van der Waals surface area contributed by atoms with E-state index in [4.69, 9.17) is 23.4 Å². The second kappa shape index (κ2) is 13.4. The Morgan fingerprint density at radius 2 is 1.83 bits per heavy atom. The SMILES string of the molecule is COCCc1c(CO)c2ccc3c(c2oc1=O)[C@H]1OC(=O)CCCc2ccc4cc2CC#CC[C@@](C)(O3)[C@H]1OC(=O)C(=C(C)C)CC4. The van der Waals surface area contributed by atoms with E-state index in [-0.39, 0.29) is 37.0 Å². The number of carbonyl (C=O) groups excluding carboxylic acids is 2. The van der Waals surface area contributed by atoms with Gasteiger partial charge in [-0.1, -0.05) is 35.6 Å². The van der Waals surface area contributed by atoms with Gasteiger partial charge in [-0.05, 0) is 80.8 Å². The first-order chi connectivity index (χ1) is 22.6. The number of fused-ring (bicyclic) bond motifs is 7. The summed E-state index contributed by atoms with van der Waals surface area (Å²) in [5, 5.41) is 10.9. The van der Waals surface area contributed by atoms with Crippen molar-refractivity contribution in [3.8, 4) is 17.6 Å². The van der Waals surface area contributed by atoms with Crippen molar-refractivity contribution in [2.75, 3.05) is 13.7 Å². The van der Waals surface area contributed by atoms with Gasteiger partial charge in [0.05, 0.1) is 25.2 Å². The molecule has 0 radical (unpaired) electrons. The summed E-state index contributed by atoms with van der Waals surface area (Å²) in [4.78, 5) is 41.1. The van der Waals surface area contributed by atoms with Gasteiger partial charge >= 0.3 is 17.6 Å². The van der Waals surface area contributed by atoms with E-state index in [1.165, 1.54) is 7.11 Å². The van der Waals surface area contributed by atoms with Crippen LogP contribution in [0.2, 0.25) is 0 Å². The molecule has 3 aliphatic rings. The molecule has 0 aliphatic carbocycles. The van der Waals surface area contributed by atoms with Crippen molar-refractivity contribution >= 4 is 22.9 Å². The Labute approximate surface area is 273 Å². The van der Waals surface area contributed by atoms with Gasteiger partial charge in [0.15, 0.2) is 17.8 Å². The lowest BCUT2D eigenvalue weighted by molar-refractivity contribution is -0.189. The van der Waals surface area contributed by atoms with Gasteiger partial charge in [0.1, 0.15) is 11.3 Å². The summed E-state index contributed by atoms with van der Waals surface area (Å²) in [6.07, 6.45) is 1.04. The standard InChI is InChI=1S/C38H40O9/c1-22(2)26-14-12-23-11-13-24-9-7-10-31(40)44-34-32-30(16-15-27-29(21-39)28(17-19-43-4)37(42)45-33(27)32)47-38(3,35(34)46-36(26)41)18-6-5-8-25(24)20-23/h11,13,15-16,20,34-35,39H,7-10,12,14,17-19,21H2,1-4H3/t34-,35+,38-/m1/s1. The molecule has 3 aliphatic heterocycles. The number of benzene rings is 2. The van der Waals surface area contributed by atoms with Crippen molar-refractivity contribution in [1.29, 1.82) is 0 Å². The van der Waals surface area contributed by atoms with Crippen molar-refractivity contribution in [2.45, 2.75) is 96.6 Å². The fraction of sp³-hybridized carbons (Fsp3) is 0.447. The van der Waals surface area contributed by atoms with Gasteiger partial charge < -0.3 is 28.5 Å². The monoisotopic (exact) mass is 640 g/mol. The number of aryl methyl sites for hydroxylation is 2. The molecule has 0 saturated carbocycles. The van der Waals surface area contributed by atoms with Crippen molar-refractivity contribution in [3.05, 3.63) is 85.3 Å². The largest absolute Gasteiger partial charge is 0.482 e. The zero-order chi connectivity index (χ0) is 33.3. The highest BCUT2D eigenvalue weighted by molar-refractivity contribution is 5.90. The second-order valence-electron chi connectivity index (χ2n) is 12.9. The maximum Gasteiger partial charge on any atom is 0.339 e. The number of rotatable bonds is 4. The second-order valence-corrected chi connectivity index (χ2v) is 12.9. The molecule has 1 aromatic heterocycles. The normalized spacial score (nSPS) is 22.6. The van der Waals surface area contributed by atoms with Crippen LogP contribution in [0.25, 0.3) is 11.0 Å². The molecule has 2 aromatic carbocycles. The van der Waals surface area contributed by atoms with Crippen LogP contribution in [0.5, 0.6) is 5.75 Å². The van der Waals surface area contributed by atoms with Crippen molar-refractivity contribution in [3.63, 3.8) is 0 Å². The van der Waals surface area contributed by atoms with Gasteiger partial charge in [-0.25, -0.2) is 9.59 Å². The molecule has 0 amide bonds. The number of ether oxygens (including phenoxy) is 4. The van der Waals surface area contributed by atoms with Gasteiger partial charge in [-0.15, -0.1) is 0 Å². The quantitative estimate of drug-likeness (QED) is 0.174. The molecule has 5 bridgehead atoms. The molecule has 9 nitrogen and oxygen atoms in total. The maximum absolute atomic E-state index is 14.1. The van der Waals surface area contributed by atoms with Gasteiger partial charge in [0, 0.05) is 42.9 Å². The molecule has 1 N–H and O–H groups in total. The maximum atomic E-state index is 14.1. The van der Waals surface area contributed by atoms with Crippen LogP contribution in [0.4, 0.5) is 0 Å². The minimum atomic E-state index is -1.24. The lowest BCUT2D eigenvalue weighted by atomic mass is 9.83. The van der Waals surface area contributed by atoms with Gasteiger partial charge in [-0.3, -0.25) is 4.79 Å². The molecule has 246 valence electrons. The van der Waals surface area contributed by atoms with Crippen molar-refractivity contribution < 1.29 is 38.1 Å². The van der Waals surface area contributed by atoms with E-state index in [0.717, 1.165) is 22.3 Å². The number of carbonyl (C=O) groups is 2. The van der Waals surface area contributed by atoms with Crippen LogP contribution < -0.4 is 10.4 Å². The Balaban J connectivity index is 1.59. The molecule has 0 unspecified atom stereocenters. The Hall–Kier alpha value is -4.39. The highest BCUT2D eigenvalue weighted by Crippen LogP contribution is 2.48. The molecule has 3 aromatic rings. The topological polar surface area (TPSA) is 122 Å². The fourth-order valence-corrected chi connectivity index (χ4v) is 6.86. The van der Waals surface area contributed by atoms with E-state index in [1.54, 1.807) is 19.1 Å². The summed E-state index contributed by atoms with van der Waals surface area (Å²) in [7, 11) is 1.53. The first-order valence-corrected chi connectivity index (χ1v) is 16.2. The predicted molar refractivity (Wildman–Crippen MR) is 174 cm³/mol. The van der Waals surface area contributed by atoms with Crippen LogP contribution in [0, 0.1) is 11.8 Å². The van der Waals surface area contributed by atoms with Gasteiger partial charge in [0.25, 0.3) is 0 Å². The van der Waals surface area contributed by atoms with E-state index < -0.39 is 42.0 Å². The summed E-state index contributed by atoms with van der Waals surface area (Å²) in [5.41, 5.74) is 3.86. The minimum absolute atomic E-state index is 0.104. The Morgan fingerprint density at radius 3 is 2.60 bits per heavy atom. The summed E-state index contributed by atoms with van der Waals surface area (Å²) in [6.45, 7) is 5.38.